The highest BCUT2D eigenvalue weighted by atomic mass is 35.5. The van der Waals surface area contributed by atoms with E-state index in [0.29, 0.717) is 18.1 Å². The molecule has 0 spiro atoms. The number of hydrogen-bond acceptors (Lipinski definition) is 6. The summed E-state index contributed by atoms with van der Waals surface area (Å²) in [6.07, 6.45) is 2.64. The third kappa shape index (κ3) is 3.66. The zero-order valence-corrected chi connectivity index (χ0v) is 13.4. The predicted octanol–water partition coefficient (Wildman–Crippen LogP) is 3.68. The van der Waals surface area contributed by atoms with Gasteiger partial charge >= 0.3 is 5.69 Å². The smallest absolute Gasteiger partial charge is 0.306 e. The Hall–Kier alpha value is -2.45. The van der Waals surface area contributed by atoms with E-state index in [9.17, 15) is 10.1 Å². The highest BCUT2D eigenvalue weighted by molar-refractivity contribution is 7.14. The first-order valence-corrected chi connectivity index (χ1v) is 8.00. The van der Waals surface area contributed by atoms with Crippen LogP contribution in [0.5, 0.6) is 0 Å². The Bertz CT molecular complexity index is 832. The van der Waals surface area contributed by atoms with Gasteiger partial charge < -0.3 is 5.32 Å². The predicted molar refractivity (Wildman–Crippen MR) is 89.9 cm³/mol. The number of halogens is 1. The van der Waals surface area contributed by atoms with Crippen LogP contribution in [0.25, 0.3) is 11.3 Å². The standard InChI is InChI=1S/C14H12ClN5O2S/c15-12-4-2-1-3-11(12)13-9-23-14(18-13)16-5-6-19-8-10(7-17-19)20(21)22/h1-4,7-9H,5-6H2,(H,16,18). The maximum absolute atomic E-state index is 10.6. The first-order chi connectivity index (χ1) is 11.1. The van der Waals surface area contributed by atoms with Gasteiger partial charge in [-0.2, -0.15) is 5.10 Å². The van der Waals surface area contributed by atoms with Crippen LogP contribution in [0.1, 0.15) is 0 Å². The van der Waals surface area contributed by atoms with Crippen LogP contribution in [0.3, 0.4) is 0 Å². The lowest BCUT2D eigenvalue weighted by atomic mass is 10.2. The van der Waals surface area contributed by atoms with Crippen LogP contribution in [0.4, 0.5) is 10.8 Å². The zero-order valence-electron chi connectivity index (χ0n) is 11.8. The summed E-state index contributed by atoms with van der Waals surface area (Å²) in [4.78, 5) is 14.6. The summed E-state index contributed by atoms with van der Waals surface area (Å²) in [6, 6.07) is 7.54. The number of rotatable bonds is 6. The lowest BCUT2D eigenvalue weighted by molar-refractivity contribution is -0.385. The van der Waals surface area contributed by atoms with Crippen LogP contribution in [-0.4, -0.2) is 26.2 Å². The number of anilines is 1. The van der Waals surface area contributed by atoms with Crippen molar-refractivity contribution in [1.82, 2.24) is 14.8 Å². The molecule has 118 valence electrons. The fourth-order valence-corrected chi connectivity index (χ4v) is 2.97. The maximum atomic E-state index is 10.6. The molecule has 0 unspecified atom stereocenters. The van der Waals surface area contributed by atoms with Gasteiger partial charge in [-0.1, -0.05) is 29.8 Å². The number of nitro groups is 1. The van der Waals surface area contributed by atoms with Crippen molar-refractivity contribution in [3.63, 3.8) is 0 Å². The second kappa shape index (κ2) is 6.76. The van der Waals surface area contributed by atoms with E-state index in [1.54, 1.807) is 0 Å². The van der Waals surface area contributed by atoms with E-state index in [-0.39, 0.29) is 5.69 Å². The van der Waals surface area contributed by atoms with Gasteiger partial charge in [0.15, 0.2) is 5.13 Å². The Labute approximate surface area is 140 Å². The molecular weight excluding hydrogens is 338 g/mol. The van der Waals surface area contributed by atoms with Gasteiger partial charge in [0.05, 0.1) is 17.2 Å². The van der Waals surface area contributed by atoms with Gasteiger partial charge in [-0.3, -0.25) is 14.8 Å². The molecule has 0 aliphatic carbocycles. The molecule has 0 atom stereocenters. The maximum Gasteiger partial charge on any atom is 0.306 e. The molecule has 9 heteroatoms. The van der Waals surface area contributed by atoms with Gasteiger partial charge in [0, 0.05) is 22.5 Å². The van der Waals surface area contributed by atoms with Crippen LogP contribution < -0.4 is 5.32 Å². The molecule has 1 aromatic carbocycles. The van der Waals surface area contributed by atoms with Gasteiger partial charge in [-0.05, 0) is 6.07 Å². The minimum Gasteiger partial charge on any atom is -0.360 e. The van der Waals surface area contributed by atoms with Gasteiger partial charge in [-0.25, -0.2) is 4.98 Å². The summed E-state index contributed by atoms with van der Waals surface area (Å²) in [7, 11) is 0. The number of nitrogens with one attached hydrogen (secondary N) is 1. The Morgan fingerprint density at radius 3 is 2.96 bits per heavy atom. The summed E-state index contributed by atoms with van der Waals surface area (Å²) in [5.41, 5.74) is 1.69. The van der Waals surface area contributed by atoms with E-state index >= 15 is 0 Å². The highest BCUT2D eigenvalue weighted by Gasteiger charge is 2.09. The lowest BCUT2D eigenvalue weighted by Gasteiger charge is -2.02. The van der Waals surface area contributed by atoms with Crippen molar-refractivity contribution in [2.24, 2.45) is 0 Å². The van der Waals surface area contributed by atoms with Crippen LogP contribution >= 0.6 is 22.9 Å². The molecular formula is C14H12ClN5O2S. The summed E-state index contributed by atoms with van der Waals surface area (Å²) < 4.78 is 1.52. The first-order valence-electron chi connectivity index (χ1n) is 6.74. The monoisotopic (exact) mass is 349 g/mol. The summed E-state index contributed by atoms with van der Waals surface area (Å²) in [5.74, 6) is 0. The number of benzene rings is 1. The Morgan fingerprint density at radius 2 is 2.22 bits per heavy atom. The second-order valence-corrected chi connectivity index (χ2v) is 5.93. The van der Waals surface area contributed by atoms with Gasteiger partial charge in [0.25, 0.3) is 0 Å². The zero-order chi connectivity index (χ0) is 16.2. The molecule has 3 aromatic rings. The van der Waals surface area contributed by atoms with Crippen molar-refractivity contribution in [3.05, 3.63) is 57.2 Å². The molecule has 0 aliphatic rings. The SMILES string of the molecule is O=[N+]([O-])c1cnn(CCNc2nc(-c3ccccc3Cl)cs2)c1. The van der Waals surface area contributed by atoms with Crippen molar-refractivity contribution in [2.45, 2.75) is 6.54 Å². The summed E-state index contributed by atoms with van der Waals surface area (Å²) in [6.45, 7) is 1.07. The quantitative estimate of drug-likeness (QED) is 0.542. The number of nitrogens with zero attached hydrogens (tertiary/aromatic N) is 4. The molecule has 0 radical (unpaired) electrons. The molecule has 3 rings (SSSR count). The summed E-state index contributed by atoms with van der Waals surface area (Å²) in [5, 5.41) is 21.1. The van der Waals surface area contributed by atoms with E-state index in [1.165, 1.54) is 28.4 Å². The van der Waals surface area contributed by atoms with E-state index in [0.717, 1.165) is 16.4 Å². The van der Waals surface area contributed by atoms with E-state index in [1.807, 2.05) is 29.6 Å². The van der Waals surface area contributed by atoms with Crippen LogP contribution in [0.15, 0.2) is 42.0 Å². The number of thiazole rings is 1. The first kappa shape index (κ1) is 15.4. The van der Waals surface area contributed by atoms with Crippen molar-refractivity contribution in [2.75, 3.05) is 11.9 Å². The van der Waals surface area contributed by atoms with Crippen molar-refractivity contribution < 1.29 is 4.92 Å². The highest BCUT2D eigenvalue weighted by Crippen LogP contribution is 2.30. The molecule has 0 fully saturated rings. The molecule has 2 aromatic heterocycles. The van der Waals surface area contributed by atoms with Crippen LogP contribution in [-0.2, 0) is 6.54 Å². The third-order valence-electron chi connectivity index (χ3n) is 3.10. The van der Waals surface area contributed by atoms with Gasteiger partial charge in [0.1, 0.15) is 12.4 Å². The van der Waals surface area contributed by atoms with Crippen molar-refractivity contribution in [3.8, 4) is 11.3 Å². The molecule has 23 heavy (non-hydrogen) atoms. The Balaban J connectivity index is 1.59. The molecule has 0 bridgehead atoms. The topological polar surface area (TPSA) is 85.9 Å². The van der Waals surface area contributed by atoms with Crippen LogP contribution in [0.2, 0.25) is 5.02 Å². The number of hydrogen-bond donors (Lipinski definition) is 1. The molecule has 7 nitrogen and oxygen atoms in total. The lowest BCUT2D eigenvalue weighted by Crippen LogP contribution is -2.10. The molecule has 1 N–H and O–H groups in total. The average Bonchev–Trinajstić information content (AvgIpc) is 3.17. The minimum atomic E-state index is -0.465. The van der Waals surface area contributed by atoms with Gasteiger partial charge in [0.2, 0.25) is 0 Å². The molecule has 0 saturated heterocycles. The fraction of sp³-hybridized carbons (Fsp3) is 0.143. The molecule has 2 heterocycles. The van der Waals surface area contributed by atoms with Crippen molar-refractivity contribution >= 4 is 33.8 Å². The van der Waals surface area contributed by atoms with E-state index < -0.39 is 4.92 Å². The van der Waals surface area contributed by atoms with Gasteiger partial charge in [-0.15, -0.1) is 11.3 Å². The summed E-state index contributed by atoms with van der Waals surface area (Å²) >= 11 is 7.64. The Kier molecular flexibility index (Phi) is 4.54. The minimum absolute atomic E-state index is 0.0137. The normalized spacial score (nSPS) is 10.7. The molecule has 0 aliphatic heterocycles. The number of aromatic nitrogens is 3. The van der Waals surface area contributed by atoms with Crippen molar-refractivity contribution in [1.29, 1.82) is 0 Å². The molecule has 0 saturated carbocycles. The molecule has 0 amide bonds. The average molecular weight is 350 g/mol. The van der Waals surface area contributed by atoms with E-state index in [2.05, 4.69) is 15.4 Å². The third-order valence-corrected chi connectivity index (χ3v) is 4.23. The second-order valence-electron chi connectivity index (χ2n) is 4.66. The fourth-order valence-electron chi connectivity index (χ4n) is 1.99. The largest absolute Gasteiger partial charge is 0.360 e. The Morgan fingerprint density at radius 1 is 1.39 bits per heavy atom. The van der Waals surface area contributed by atoms with Crippen LogP contribution in [0, 0.1) is 10.1 Å². The van der Waals surface area contributed by atoms with E-state index in [4.69, 9.17) is 11.6 Å².